The molecule has 0 bridgehead atoms. The molecule has 0 spiro atoms. The summed E-state index contributed by atoms with van der Waals surface area (Å²) in [5, 5.41) is 0.476. The number of hydrogen-bond donors (Lipinski definition) is 0. The summed E-state index contributed by atoms with van der Waals surface area (Å²) in [5.74, 6) is -0.266. The van der Waals surface area contributed by atoms with E-state index in [2.05, 4.69) is 4.98 Å². The standard InChI is InChI=1S/C13H11ClN2O2/c14-12-4-3-9(7-15-12)8-16-5-1-2-11-10(16)6-13(17)18-11/h1,3-7,11H,2,8H2. The number of aromatic nitrogens is 1. The summed E-state index contributed by atoms with van der Waals surface area (Å²) in [5.41, 5.74) is 1.95. The van der Waals surface area contributed by atoms with Gasteiger partial charge in [-0.15, -0.1) is 0 Å². The first-order valence-electron chi connectivity index (χ1n) is 5.68. The normalized spacial score (nSPS) is 21.6. The molecule has 5 heteroatoms. The topological polar surface area (TPSA) is 42.4 Å². The van der Waals surface area contributed by atoms with Gasteiger partial charge in [0.15, 0.2) is 0 Å². The van der Waals surface area contributed by atoms with E-state index in [1.165, 1.54) is 0 Å². The minimum absolute atomic E-state index is 0.136. The predicted octanol–water partition coefficient (Wildman–Crippen LogP) is 2.26. The lowest BCUT2D eigenvalue weighted by Crippen LogP contribution is -2.27. The van der Waals surface area contributed by atoms with Crippen LogP contribution >= 0.6 is 11.6 Å². The van der Waals surface area contributed by atoms with Gasteiger partial charge >= 0.3 is 5.97 Å². The van der Waals surface area contributed by atoms with Crippen LogP contribution in [0.4, 0.5) is 0 Å². The van der Waals surface area contributed by atoms with Crippen LogP contribution in [0.5, 0.6) is 0 Å². The van der Waals surface area contributed by atoms with Crippen LogP contribution in [0.15, 0.2) is 42.4 Å². The van der Waals surface area contributed by atoms with E-state index in [1.54, 1.807) is 18.3 Å². The van der Waals surface area contributed by atoms with Crippen molar-refractivity contribution in [2.45, 2.75) is 19.1 Å². The zero-order valence-electron chi connectivity index (χ0n) is 9.54. The molecule has 0 radical (unpaired) electrons. The van der Waals surface area contributed by atoms with Gasteiger partial charge in [0.05, 0.1) is 5.70 Å². The Hall–Kier alpha value is -1.81. The van der Waals surface area contributed by atoms with Gasteiger partial charge in [-0.25, -0.2) is 9.78 Å². The molecule has 92 valence electrons. The van der Waals surface area contributed by atoms with Gasteiger partial charge < -0.3 is 9.64 Å². The van der Waals surface area contributed by atoms with Gasteiger partial charge in [0.2, 0.25) is 0 Å². The van der Waals surface area contributed by atoms with Gasteiger partial charge in [-0.1, -0.05) is 23.7 Å². The summed E-state index contributed by atoms with van der Waals surface area (Å²) < 4.78 is 5.19. The zero-order valence-corrected chi connectivity index (χ0v) is 10.3. The van der Waals surface area contributed by atoms with Crippen molar-refractivity contribution in [1.82, 2.24) is 9.88 Å². The molecule has 2 aliphatic rings. The van der Waals surface area contributed by atoms with E-state index in [-0.39, 0.29) is 12.1 Å². The summed E-state index contributed by atoms with van der Waals surface area (Å²) in [4.78, 5) is 17.3. The van der Waals surface area contributed by atoms with E-state index >= 15 is 0 Å². The molecule has 1 unspecified atom stereocenters. The molecule has 0 N–H and O–H groups in total. The molecule has 1 aromatic heterocycles. The summed E-state index contributed by atoms with van der Waals surface area (Å²) in [7, 11) is 0. The first-order chi connectivity index (χ1) is 8.72. The Kier molecular flexibility index (Phi) is 2.80. The van der Waals surface area contributed by atoms with E-state index in [9.17, 15) is 4.79 Å². The Morgan fingerprint density at radius 3 is 3.17 bits per heavy atom. The number of ether oxygens (including phenoxy) is 1. The molecule has 1 aromatic rings. The smallest absolute Gasteiger partial charge is 0.333 e. The number of rotatable bonds is 2. The van der Waals surface area contributed by atoms with Gasteiger partial charge in [-0.3, -0.25) is 0 Å². The Morgan fingerprint density at radius 1 is 1.50 bits per heavy atom. The average molecular weight is 263 g/mol. The lowest BCUT2D eigenvalue weighted by atomic mass is 10.1. The van der Waals surface area contributed by atoms with Crippen molar-refractivity contribution in [3.63, 3.8) is 0 Å². The molecule has 0 saturated heterocycles. The van der Waals surface area contributed by atoms with Crippen molar-refractivity contribution in [1.29, 1.82) is 0 Å². The van der Waals surface area contributed by atoms with Crippen LogP contribution in [0, 0.1) is 0 Å². The number of carbonyl (C=O) groups is 1. The summed E-state index contributed by atoms with van der Waals surface area (Å²) in [6, 6.07) is 3.68. The SMILES string of the molecule is O=C1C=C2C(CC=CN2Cc2ccc(Cl)nc2)O1. The van der Waals surface area contributed by atoms with E-state index in [0.717, 1.165) is 17.7 Å². The van der Waals surface area contributed by atoms with Crippen molar-refractivity contribution < 1.29 is 9.53 Å². The van der Waals surface area contributed by atoms with Crippen LogP contribution in [-0.4, -0.2) is 22.0 Å². The average Bonchev–Trinajstić information content (AvgIpc) is 2.73. The minimum Gasteiger partial charge on any atom is -0.452 e. The van der Waals surface area contributed by atoms with E-state index in [1.807, 2.05) is 23.2 Å². The van der Waals surface area contributed by atoms with Crippen LogP contribution in [0.2, 0.25) is 5.15 Å². The third-order valence-corrected chi connectivity index (χ3v) is 3.19. The predicted molar refractivity (Wildman–Crippen MR) is 66.5 cm³/mol. The van der Waals surface area contributed by atoms with E-state index in [4.69, 9.17) is 16.3 Å². The van der Waals surface area contributed by atoms with Gasteiger partial charge in [-0.05, 0) is 11.6 Å². The second-order valence-electron chi connectivity index (χ2n) is 4.23. The van der Waals surface area contributed by atoms with Gasteiger partial charge in [0, 0.05) is 31.4 Å². The molecule has 3 heterocycles. The van der Waals surface area contributed by atoms with Crippen LogP contribution in [0.3, 0.4) is 0 Å². The highest BCUT2D eigenvalue weighted by Crippen LogP contribution is 2.28. The molecule has 18 heavy (non-hydrogen) atoms. The van der Waals surface area contributed by atoms with E-state index < -0.39 is 0 Å². The van der Waals surface area contributed by atoms with Crippen LogP contribution in [-0.2, 0) is 16.1 Å². The molecule has 1 atom stereocenters. The quantitative estimate of drug-likeness (QED) is 0.606. The molecule has 3 rings (SSSR count). The lowest BCUT2D eigenvalue weighted by Gasteiger charge is -2.28. The Bertz CT molecular complexity index is 536. The zero-order chi connectivity index (χ0) is 12.5. The van der Waals surface area contributed by atoms with Crippen molar-refractivity contribution >= 4 is 17.6 Å². The number of halogens is 1. The molecule has 0 fully saturated rings. The maximum Gasteiger partial charge on any atom is 0.333 e. The van der Waals surface area contributed by atoms with Crippen LogP contribution < -0.4 is 0 Å². The largest absolute Gasteiger partial charge is 0.452 e. The Labute approximate surface area is 110 Å². The third-order valence-electron chi connectivity index (χ3n) is 2.96. The van der Waals surface area contributed by atoms with Gasteiger partial charge in [0.25, 0.3) is 0 Å². The number of carbonyl (C=O) groups excluding carboxylic acids is 1. The number of nitrogens with zero attached hydrogens (tertiary/aromatic N) is 2. The summed E-state index contributed by atoms with van der Waals surface area (Å²) in [6.07, 6.45) is 7.87. The number of hydrogen-bond acceptors (Lipinski definition) is 4. The number of fused-ring (bicyclic) bond motifs is 1. The Morgan fingerprint density at radius 2 is 2.39 bits per heavy atom. The van der Waals surface area contributed by atoms with Crippen molar-refractivity contribution in [3.8, 4) is 0 Å². The maximum atomic E-state index is 11.3. The van der Waals surface area contributed by atoms with E-state index in [0.29, 0.717) is 11.7 Å². The fourth-order valence-electron chi connectivity index (χ4n) is 2.12. The first-order valence-corrected chi connectivity index (χ1v) is 6.06. The van der Waals surface area contributed by atoms with Gasteiger partial charge in [0.1, 0.15) is 11.3 Å². The summed E-state index contributed by atoms with van der Waals surface area (Å²) in [6.45, 7) is 0.652. The van der Waals surface area contributed by atoms with Crippen molar-refractivity contribution in [3.05, 3.63) is 53.1 Å². The highest BCUT2D eigenvalue weighted by molar-refractivity contribution is 6.29. The highest BCUT2D eigenvalue weighted by Gasteiger charge is 2.30. The molecule has 4 nitrogen and oxygen atoms in total. The maximum absolute atomic E-state index is 11.3. The molecular weight excluding hydrogens is 252 g/mol. The van der Waals surface area contributed by atoms with Crippen molar-refractivity contribution in [2.24, 2.45) is 0 Å². The third kappa shape index (κ3) is 2.11. The van der Waals surface area contributed by atoms with Crippen LogP contribution in [0.25, 0.3) is 0 Å². The molecule has 0 aliphatic carbocycles. The Balaban J connectivity index is 1.81. The molecule has 0 saturated carbocycles. The monoisotopic (exact) mass is 262 g/mol. The fraction of sp³-hybridized carbons (Fsp3) is 0.231. The minimum atomic E-state index is -0.266. The summed E-state index contributed by atoms with van der Waals surface area (Å²) >= 11 is 5.75. The van der Waals surface area contributed by atoms with Crippen LogP contribution in [0.1, 0.15) is 12.0 Å². The fourth-order valence-corrected chi connectivity index (χ4v) is 2.24. The molecule has 0 aromatic carbocycles. The number of esters is 1. The highest BCUT2D eigenvalue weighted by atomic mass is 35.5. The molecule has 2 aliphatic heterocycles. The molecule has 0 amide bonds. The lowest BCUT2D eigenvalue weighted by molar-refractivity contribution is -0.139. The van der Waals surface area contributed by atoms with Crippen molar-refractivity contribution in [2.75, 3.05) is 0 Å². The second-order valence-corrected chi connectivity index (χ2v) is 4.62. The second kappa shape index (κ2) is 4.46. The van der Waals surface area contributed by atoms with Gasteiger partial charge in [-0.2, -0.15) is 0 Å². The first kappa shape index (κ1) is 11.3. The molecular formula is C13H11ClN2O2. The number of pyridine rings is 1.